The lowest BCUT2D eigenvalue weighted by Gasteiger charge is -2.08. The summed E-state index contributed by atoms with van der Waals surface area (Å²) in [5.41, 5.74) is 2.93. The number of H-pyrrole nitrogens is 1. The van der Waals surface area contributed by atoms with Crippen LogP contribution in [-0.4, -0.2) is 27.7 Å². The van der Waals surface area contributed by atoms with E-state index < -0.39 is 5.97 Å². The molecule has 2 N–H and O–H groups in total. The maximum Gasteiger partial charge on any atom is 0.357 e. The normalized spacial score (nSPS) is 11.1. The Kier molecular flexibility index (Phi) is 3.25. The molecule has 2 aromatic heterocycles. The van der Waals surface area contributed by atoms with Crippen molar-refractivity contribution in [1.82, 2.24) is 9.97 Å². The van der Waals surface area contributed by atoms with Crippen LogP contribution >= 0.6 is 0 Å². The number of benzene rings is 1. The van der Waals surface area contributed by atoms with Crippen LogP contribution in [0.3, 0.4) is 0 Å². The summed E-state index contributed by atoms with van der Waals surface area (Å²) in [6.07, 6.45) is 2.29. The molecule has 0 aliphatic heterocycles. The van der Waals surface area contributed by atoms with E-state index in [1.165, 1.54) is 0 Å². The number of esters is 1. The molecular weight excluding hydrogens is 268 g/mol. The van der Waals surface area contributed by atoms with E-state index in [0.29, 0.717) is 18.7 Å². The number of aryl methyl sites for hydroxylation is 1. The Morgan fingerprint density at radius 3 is 2.86 bits per heavy atom. The molecule has 2 heterocycles. The first-order valence-electron chi connectivity index (χ1n) is 6.95. The first-order valence-corrected chi connectivity index (χ1v) is 6.95. The second kappa shape index (κ2) is 5.09. The molecule has 0 radical (unpaired) electrons. The van der Waals surface area contributed by atoms with E-state index in [1.807, 2.05) is 13.0 Å². The van der Waals surface area contributed by atoms with Gasteiger partial charge in [0.15, 0.2) is 5.69 Å². The smallest absolute Gasteiger partial charge is 0.357 e. The van der Waals surface area contributed by atoms with Crippen LogP contribution in [0.4, 0.5) is 0 Å². The number of nitrogens with zero attached hydrogens (tertiary/aromatic N) is 1. The maximum absolute atomic E-state index is 12.0. The van der Waals surface area contributed by atoms with Crippen molar-refractivity contribution >= 4 is 27.8 Å². The number of nitrogens with one attached hydrogen (secondary N) is 1. The zero-order chi connectivity index (χ0) is 15.0. The van der Waals surface area contributed by atoms with Crippen LogP contribution in [-0.2, 0) is 11.2 Å². The first-order chi connectivity index (χ1) is 10.2. The third-order valence-corrected chi connectivity index (χ3v) is 3.54. The Morgan fingerprint density at radius 1 is 1.33 bits per heavy atom. The van der Waals surface area contributed by atoms with Crippen molar-refractivity contribution < 1.29 is 14.6 Å². The van der Waals surface area contributed by atoms with Crippen LogP contribution in [0, 0.1) is 0 Å². The number of rotatable bonds is 3. The Balaban J connectivity index is 2.35. The molecule has 3 rings (SSSR count). The van der Waals surface area contributed by atoms with E-state index in [9.17, 15) is 9.90 Å². The number of carbonyl (C=O) groups is 1. The predicted octanol–water partition coefficient (Wildman–Crippen LogP) is 3.16. The van der Waals surface area contributed by atoms with Gasteiger partial charge >= 0.3 is 5.97 Å². The lowest BCUT2D eigenvalue weighted by Crippen LogP contribution is -2.10. The maximum atomic E-state index is 12.0. The molecule has 0 spiro atoms. The van der Waals surface area contributed by atoms with Crippen molar-refractivity contribution in [1.29, 1.82) is 0 Å². The highest BCUT2D eigenvalue weighted by Gasteiger charge is 2.19. The molecule has 0 bridgehead atoms. The molecule has 108 valence electrons. The summed E-state index contributed by atoms with van der Waals surface area (Å²) in [6, 6.07) is 5.14. The van der Waals surface area contributed by atoms with Gasteiger partial charge in [0.05, 0.1) is 18.3 Å². The van der Waals surface area contributed by atoms with E-state index in [2.05, 4.69) is 9.97 Å². The van der Waals surface area contributed by atoms with Crippen LogP contribution in [0.25, 0.3) is 21.8 Å². The Labute approximate surface area is 121 Å². The van der Waals surface area contributed by atoms with Crippen LogP contribution in [0.15, 0.2) is 24.4 Å². The lowest BCUT2D eigenvalue weighted by molar-refractivity contribution is 0.0518. The van der Waals surface area contributed by atoms with Crippen LogP contribution in [0.2, 0.25) is 0 Å². The summed E-state index contributed by atoms with van der Waals surface area (Å²) in [5.74, 6) is -0.217. The fourth-order valence-electron chi connectivity index (χ4n) is 2.67. The number of aromatic amines is 1. The van der Waals surface area contributed by atoms with Crippen molar-refractivity contribution in [2.45, 2.75) is 20.3 Å². The van der Waals surface area contributed by atoms with Gasteiger partial charge in [-0.15, -0.1) is 0 Å². The fourth-order valence-corrected chi connectivity index (χ4v) is 2.67. The van der Waals surface area contributed by atoms with Gasteiger partial charge in [-0.05, 0) is 37.1 Å². The minimum atomic E-state index is -0.411. The molecule has 0 amide bonds. The monoisotopic (exact) mass is 284 g/mol. The second-order valence-electron chi connectivity index (χ2n) is 4.80. The number of phenols is 1. The standard InChI is InChI=1S/C16H16N2O3/c1-3-10-14-11-7-9(19)5-6-12(11)18-13(14)8-17-15(10)16(20)21-4-2/h5-8,18-19H,3-4H2,1-2H3. The number of pyridine rings is 1. The van der Waals surface area contributed by atoms with Gasteiger partial charge in [-0.25, -0.2) is 9.78 Å². The topological polar surface area (TPSA) is 75.2 Å². The van der Waals surface area contributed by atoms with Gasteiger partial charge < -0.3 is 14.8 Å². The van der Waals surface area contributed by atoms with E-state index in [0.717, 1.165) is 27.4 Å². The van der Waals surface area contributed by atoms with Gasteiger partial charge in [0, 0.05) is 16.3 Å². The van der Waals surface area contributed by atoms with Gasteiger partial charge in [0.2, 0.25) is 0 Å². The van der Waals surface area contributed by atoms with Crippen molar-refractivity contribution in [2.75, 3.05) is 6.61 Å². The minimum Gasteiger partial charge on any atom is -0.508 e. The number of aromatic nitrogens is 2. The van der Waals surface area contributed by atoms with Crippen LogP contribution < -0.4 is 0 Å². The van der Waals surface area contributed by atoms with Gasteiger partial charge in [-0.2, -0.15) is 0 Å². The number of fused-ring (bicyclic) bond motifs is 3. The molecule has 0 unspecified atom stereocenters. The molecule has 0 saturated heterocycles. The molecule has 3 aromatic rings. The van der Waals surface area contributed by atoms with E-state index in [-0.39, 0.29) is 5.75 Å². The average molecular weight is 284 g/mol. The molecule has 0 saturated carbocycles. The fraction of sp³-hybridized carbons (Fsp3) is 0.250. The lowest BCUT2D eigenvalue weighted by atomic mass is 10.0. The van der Waals surface area contributed by atoms with Gasteiger partial charge in [-0.1, -0.05) is 6.92 Å². The molecule has 0 aliphatic carbocycles. The Bertz CT molecular complexity index is 836. The summed E-state index contributed by atoms with van der Waals surface area (Å²) in [5, 5.41) is 11.5. The third-order valence-electron chi connectivity index (χ3n) is 3.54. The van der Waals surface area contributed by atoms with Gasteiger partial charge in [-0.3, -0.25) is 0 Å². The number of hydrogen-bond donors (Lipinski definition) is 2. The summed E-state index contributed by atoms with van der Waals surface area (Å²) in [7, 11) is 0. The van der Waals surface area contributed by atoms with Crippen molar-refractivity contribution in [2.24, 2.45) is 0 Å². The summed E-state index contributed by atoms with van der Waals surface area (Å²) >= 11 is 0. The minimum absolute atomic E-state index is 0.194. The number of carbonyl (C=O) groups excluding carboxylic acids is 1. The number of ether oxygens (including phenoxy) is 1. The van der Waals surface area contributed by atoms with Crippen molar-refractivity contribution in [3.8, 4) is 5.75 Å². The van der Waals surface area contributed by atoms with Crippen molar-refractivity contribution in [3.05, 3.63) is 35.7 Å². The SMILES string of the molecule is CCOC(=O)c1ncc2[nH]c3ccc(O)cc3c2c1CC. The molecule has 5 heteroatoms. The highest BCUT2D eigenvalue weighted by atomic mass is 16.5. The average Bonchev–Trinajstić information content (AvgIpc) is 2.84. The van der Waals surface area contributed by atoms with Crippen LogP contribution in [0.5, 0.6) is 5.75 Å². The molecular formula is C16H16N2O3. The summed E-state index contributed by atoms with van der Waals surface area (Å²) < 4.78 is 5.07. The van der Waals surface area contributed by atoms with E-state index in [1.54, 1.807) is 25.3 Å². The summed E-state index contributed by atoms with van der Waals surface area (Å²) in [4.78, 5) is 19.5. The summed E-state index contributed by atoms with van der Waals surface area (Å²) in [6.45, 7) is 4.06. The molecule has 5 nitrogen and oxygen atoms in total. The van der Waals surface area contributed by atoms with Crippen LogP contribution in [0.1, 0.15) is 29.9 Å². The quantitative estimate of drug-likeness (QED) is 0.724. The van der Waals surface area contributed by atoms with Gasteiger partial charge in [0.25, 0.3) is 0 Å². The molecule has 0 aliphatic rings. The number of hydrogen-bond acceptors (Lipinski definition) is 4. The Morgan fingerprint density at radius 2 is 2.14 bits per heavy atom. The first kappa shape index (κ1) is 13.4. The molecule has 0 atom stereocenters. The van der Waals surface area contributed by atoms with E-state index in [4.69, 9.17) is 4.74 Å². The predicted molar refractivity (Wildman–Crippen MR) is 80.6 cm³/mol. The van der Waals surface area contributed by atoms with Crippen molar-refractivity contribution in [3.63, 3.8) is 0 Å². The molecule has 1 aromatic carbocycles. The highest BCUT2D eigenvalue weighted by molar-refractivity contribution is 6.11. The largest absolute Gasteiger partial charge is 0.508 e. The van der Waals surface area contributed by atoms with Gasteiger partial charge in [0.1, 0.15) is 5.75 Å². The highest BCUT2D eigenvalue weighted by Crippen LogP contribution is 2.32. The number of phenolic OH excluding ortho intramolecular Hbond substituents is 1. The zero-order valence-electron chi connectivity index (χ0n) is 11.9. The van der Waals surface area contributed by atoms with E-state index >= 15 is 0 Å². The molecule has 21 heavy (non-hydrogen) atoms. The second-order valence-corrected chi connectivity index (χ2v) is 4.80. The third kappa shape index (κ3) is 2.11. The zero-order valence-corrected chi connectivity index (χ0v) is 11.9. The Hall–Kier alpha value is -2.56. The number of aromatic hydroxyl groups is 1. The molecule has 0 fully saturated rings.